The fraction of sp³-hybridized carbons (Fsp3) is 0.800. The molecular formula is C25H33NO6. The minimum Gasteiger partial charge on any atom is -0.462 e. The minimum absolute atomic E-state index is 0.0506. The lowest BCUT2D eigenvalue weighted by Gasteiger charge is -2.64. The first-order valence-corrected chi connectivity index (χ1v) is 12.0. The molecule has 5 aliphatic rings. The maximum Gasteiger partial charge on any atom is 0.331 e. The van der Waals surface area contributed by atoms with Crippen molar-refractivity contribution in [2.75, 3.05) is 0 Å². The predicted octanol–water partition coefficient (Wildman–Crippen LogP) is 2.79. The molecule has 4 aliphatic carbocycles. The first-order chi connectivity index (χ1) is 15.1. The molecule has 5 rings (SSSR count). The second-order valence-corrected chi connectivity index (χ2v) is 11.1. The van der Waals surface area contributed by atoms with E-state index in [1.807, 2.05) is 6.08 Å². The van der Waals surface area contributed by atoms with Gasteiger partial charge in [-0.2, -0.15) is 5.26 Å². The monoisotopic (exact) mass is 443 g/mol. The van der Waals surface area contributed by atoms with Gasteiger partial charge in [0.25, 0.3) is 0 Å². The minimum atomic E-state index is -1.22. The van der Waals surface area contributed by atoms with Gasteiger partial charge in [0.2, 0.25) is 0 Å². The molecule has 174 valence electrons. The molecule has 0 saturated heterocycles. The Balaban J connectivity index is 1.45. The average Bonchev–Trinajstić information content (AvgIpc) is 3.27. The van der Waals surface area contributed by atoms with Crippen LogP contribution in [0.1, 0.15) is 71.6 Å². The summed E-state index contributed by atoms with van der Waals surface area (Å²) in [6.07, 6.45) is 7.86. The number of esters is 2. The van der Waals surface area contributed by atoms with Crippen LogP contribution < -0.4 is 0 Å². The van der Waals surface area contributed by atoms with Crippen molar-refractivity contribution in [2.45, 2.75) is 95.0 Å². The Morgan fingerprint density at radius 1 is 1.12 bits per heavy atom. The van der Waals surface area contributed by atoms with Crippen LogP contribution in [0.4, 0.5) is 0 Å². The van der Waals surface area contributed by atoms with E-state index in [1.165, 1.54) is 13.0 Å². The summed E-state index contributed by atoms with van der Waals surface area (Å²) >= 11 is 0. The topological polar surface area (TPSA) is 117 Å². The van der Waals surface area contributed by atoms with Crippen molar-refractivity contribution in [1.82, 2.24) is 0 Å². The van der Waals surface area contributed by atoms with Crippen LogP contribution in [-0.2, 0) is 19.1 Å². The molecule has 2 unspecified atom stereocenters. The number of nitriles is 1. The Labute approximate surface area is 188 Å². The zero-order valence-electron chi connectivity index (χ0n) is 18.9. The summed E-state index contributed by atoms with van der Waals surface area (Å²) in [5.41, 5.74) is -3.52. The highest BCUT2D eigenvalue weighted by atomic mass is 16.5. The van der Waals surface area contributed by atoms with Gasteiger partial charge in [0.1, 0.15) is 12.2 Å². The largest absolute Gasteiger partial charge is 0.462 e. The summed E-state index contributed by atoms with van der Waals surface area (Å²) in [6, 6.07) is 2.53. The van der Waals surface area contributed by atoms with Gasteiger partial charge in [-0.25, -0.2) is 4.79 Å². The van der Waals surface area contributed by atoms with E-state index in [-0.39, 0.29) is 48.3 Å². The van der Waals surface area contributed by atoms with Crippen molar-refractivity contribution in [2.24, 2.45) is 28.6 Å². The third-order valence-corrected chi connectivity index (χ3v) is 10.1. The molecule has 0 aromatic heterocycles. The Kier molecular flexibility index (Phi) is 4.82. The highest BCUT2D eigenvalue weighted by Crippen LogP contribution is 2.70. The van der Waals surface area contributed by atoms with Crippen molar-refractivity contribution in [1.29, 1.82) is 5.26 Å². The molecule has 0 aromatic carbocycles. The summed E-state index contributed by atoms with van der Waals surface area (Å²) in [4.78, 5) is 23.2. The summed E-state index contributed by atoms with van der Waals surface area (Å²) < 4.78 is 10.9. The maximum atomic E-state index is 12.2. The molecule has 0 aromatic rings. The second-order valence-electron chi connectivity index (χ2n) is 11.1. The third kappa shape index (κ3) is 2.72. The van der Waals surface area contributed by atoms with E-state index in [2.05, 4.69) is 13.0 Å². The molecule has 1 heterocycles. The number of ether oxygens (including phenoxy) is 2. The van der Waals surface area contributed by atoms with E-state index >= 15 is 0 Å². The number of fused-ring (bicyclic) bond motifs is 5. The number of hydrogen-bond acceptors (Lipinski definition) is 7. The van der Waals surface area contributed by atoms with Gasteiger partial charge in [0, 0.05) is 30.8 Å². The molecule has 1 aliphatic heterocycles. The second kappa shape index (κ2) is 7.04. The quantitative estimate of drug-likeness (QED) is 0.630. The summed E-state index contributed by atoms with van der Waals surface area (Å²) in [7, 11) is 0. The van der Waals surface area contributed by atoms with Gasteiger partial charge in [-0.1, -0.05) is 6.92 Å². The van der Waals surface area contributed by atoms with Gasteiger partial charge in [-0.05, 0) is 69.3 Å². The Morgan fingerprint density at radius 2 is 1.84 bits per heavy atom. The van der Waals surface area contributed by atoms with Gasteiger partial charge in [-0.3, -0.25) is 4.79 Å². The molecule has 32 heavy (non-hydrogen) atoms. The highest BCUT2D eigenvalue weighted by Gasteiger charge is 2.72. The first-order valence-electron chi connectivity index (χ1n) is 12.0. The first kappa shape index (κ1) is 21.9. The fourth-order valence-corrected chi connectivity index (χ4v) is 8.57. The van der Waals surface area contributed by atoms with Crippen molar-refractivity contribution < 1.29 is 29.3 Å². The van der Waals surface area contributed by atoms with Gasteiger partial charge in [0.05, 0.1) is 22.7 Å². The lowest BCUT2D eigenvalue weighted by atomic mass is 9.41. The van der Waals surface area contributed by atoms with E-state index < -0.39 is 22.0 Å². The van der Waals surface area contributed by atoms with E-state index in [0.29, 0.717) is 32.1 Å². The molecule has 7 nitrogen and oxygen atoms in total. The van der Waals surface area contributed by atoms with Gasteiger partial charge >= 0.3 is 11.9 Å². The number of rotatable bonds is 2. The highest BCUT2D eigenvalue weighted by molar-refractivity contribution is 5.84. The van der Waals surface area contributed by atoms with Crippen LogP contribution in [0, 0.1) is 39.9 Å². The number of nitrogens with zero attached hydrogens (tertiary/aromatic N) is 1. The number of hydrogen-bond donors (Lipinski definition) is 2. The summed E-state index contributed by atoms with van der Waals surface area (Å²) in [5, 5.41) is 34.4. The van der Waals surface area contributed by atoms with Gasteiger partial charge < -0.3 is 19.7 Å². The molecule has 0 amide bonds. The molecule has 9 atom stereocenters. The molecule has 4 saturated carbocycles. The lowest BCUT2D eigenvalue weighted by molar-refractivity contribution is -0.247. The number of aliphatic hydroxyl groups is 2. The molecule has 0 radical (unpaired) electrons. The van der Waals surface area contributed by atoms with Gasteiger partial charge in [-0.15, -0.1) is 0 Å². The number of carbonyl (C=O) groups excluding carboxylic acids is 2. The Bertz CT molecular complexity index is 911. The zero-order valence-corrected chi connectivity index (χ0v) is 18.9. The van der Waals surface area contributed by atoms with Crippen molar-refractivity contribution in [3.8, 4) is 6.07 Å². The van der Waals surface area contributed by atoms with E-state index in [1.54, 1.807) is 0 Å². The standard InChI is InChI=1S/C25H33NO6/c1-15(27)31-16-5-10-23(14-26)17-6-9-22(2)19(20-3-4-21(28)32-20)8-12-25(22,30)18(17)7-11-24(23,29)13-16/h3-4,16-20,29-30H,5-13H2,1-2H3/t16-,17-,18?,19-,20?,22+,23-,24-,25-/m0/s1. The van der Waals surface area contributed by atoms with Gasteiger partial charge in [0.15, 0.2) is 0 Å². The predicted molar refractivity (Wildman–Crippen MR) is 113 cm³/mol. The van der Waals surface area contributed by atoms with E-state index in [0.717, 1.165) is 19.3 Å². The van der Waals surface area contributed by atoms with Crippen LogP contribution in [0.25, 0.3) is 0 Å². The summed E-state index contributed by atoms with van der Waals surface area (Å²) in [5.74, 6) is -0.827. The van der Waals surface area contributed by atoms with Crippen molar-refractivity contribution in [3.63, 3.8) is 0 Å². The van der Waals surface area contributed by atoms with Crippen LogP contribution >= 0.6 is 0 Å². The summed E-state index contributed by atoms with van der Waals surface area (Å²) in [6.45, 7) is 3.50. The molecule has 2 N–H and O–H groups in total. The van der Waals surface area contributed by atoms with Crippen LogP contribution in [0.15, 0.2) is 12.2 Å². The smallest absolute Gasteiger partial charge is 0.331 e. The van der Waals surface area contributed by atoms with Crippen LogP contribution in [0.3, 0.4) is 0 Å². The number of carbonyl (C=O) groups is 2. The Hall–Kier alpha value is -1.91. The normalized spacial score (nSPS) is 51.7. The van der Waals surface area contributed by atoms with E-state index in [9.17, 15) is 25.1 Å². The molecular weight excluding hydrogens is 410 g/mol. The SMILES string of the molecule is CC(=O)O[C@H]1CC[C@]2(C#N)[C@H]3CC[C@]4(C)[C@H](C5C=CC(=O)O5)CC[C@]4(O)C3CC[C@]2(O)C1. The van der Waals surface area contributed by atoms with E-state index in [4.69, 9.17) is 9.47 Å². The van der Waals surface area contributed by atoms with Crippen LogP contribution in [-0.4, -0.2) is 45.6 Å². The fourth-order valence-electron chi connectivity index (χ4n) is 8.57. The average molecular weight is 444 g/mol. The van der Waals surface area contributed by atoms with Crippen molar-refractivity contribution in [3.05, 3.63) is 12.2 Å². The molecule has 7 heteroatoms. The Morgan fingerprint density at radius 3 is 2.50 bits per heavy atom. The maximum absolute atomic E-state index is 12.2. The molecule has 0 spiro atoms. The zero-order chi connectivity index (χ0) is 22.9. The van der Waals surface area contributed by atoms with Crippen molar-refractivity contribution >= 4 is 11.9 Å². The van der Waals surface area contributed by atoms with Crippen LogP contribution in [0.5, 0.6) is 0 Å². The molecule has 4 fully saturated rings. The van der Waals surface area contributed by atoms with Crippen LogP contribution in [0.2, 0.25) is 0 Å². The molecule has 0 bridgehead atoms. The number of cyclic esters (lactones) is 1. The lowest BCUT2D eigenvalue weighted by Crippen LogP contribution is -2.68. The third-order valence-electron chi connectivity index (χ3n) is 10.1.